The van der Waals surface area contributed by atoms with Gasteiger partial charge in [-0.1, -0.05) is 25.5 Å². The first-order valence-corrected chi connectivity index (χ1v) is 6.94. The third-order valence-corrected chi connectivity index (χ3v) is 3.28. The molecule has 1 N–H and O–H groups in total. The van der Waals surface area contributed by atoms with Crippen LogP contribution in [-0.4, -0.2) is 29.2 Å². The zero-order valence-corrected chi connectivity index (χ0v) is 10.8. The van der Waals surface area contributed by atoms with Crippen LogP contribution in [0.25, 0.3) is 0 Å². The van der Waals surface area contributed by atoms with E-state index in [2.05, 4.69) is 6.92 Å². The van der Waals surface area contributed by atoms with Gasteiger partial charge in [0.15, 0.2) is 0 Å². The number of carboxylic acids is 1. The molecule has 0 saturated carbocycles. The molecular formula is C13H18O3S. The molecule has 0 unspecified atom stereocenters. The predicted molar refractivity (Wildman–Crippen MR) is 71.1 cm³/mol. The highest BCUT2D eigenvalue weighted by atomic mass is 32.2. The van der Waals surface area contributed by atoms with Gasteiger partial charge in [0.2, 0.25) is 0 Å². The summed E-state index contributed by atoms with van der Waals surface area (Å²) >= 11 is 1.84. The highest BCUT2D eigenvalue weighted by molar-refractivity contribution is 7.99. The molecule has 0 aromatic heterocycles. The van der Waals surface area contributed by atoms with Crippen LogP contribution in [0.3, 0.4) is 0 Å². The average molecular weight is 254 g/mol. The largest absolute Gasteiger partial charge is 0.492 e. The fourth-order valence-electron chi connectivity index (χ4n) is 1.33. The summed E-state index contributed by atoms with van der Waals surface area (Å²) in [5.74, 6) is 1.55. The van der Waals surface area contributed by atoms with Crippen LogP contribution in [-0.2, 0) is 0 Å². The lowest BCUT2D eigenvalue weighted by molar-refractivity contribution is 0.0692. The van der Waals surface area contributed by atoms with Crippen LogP contribution in [0, 0.1) is 0 Å². The van der Waals surface area contributed by atoms with E-state index >= 15 is 0 Å². The maximum Gasteiger partial charge on any atom is 0.339 e. The normalized spacial score (nSPS) is 10.2. The summed E-state index contributed by atoms with van der Waals surface area (Å²) in [6.45, 7) is 2.72. The molecule has 0 saturated heterocycles. The summed E-state index contributed by atoms with van der Waals surface area (Å²) in [4.78, 5) is 10.9. The summed E-state index contributed by atoms with van der Waals surface area (Å²) in [5.41, 5.74) is 0.228. The van der Waals surface area contributed by atoms with Gasteiger partial charge in [0.05, 0.1) is 6.61 Å². The molecule has 17 heavy (non-hydrogen) atoms. The fourth-order valence-corrected chi connectivity index (χ4v) is 2.23. The summed E-state index contributed by atoms with van der Waals surface area (Å²) in [6.07, 6.45) is 2.42. The second-order valence-corrected chi connectivity index (χ2v) is 4.84. The number of hydrogen-bond donors (Lipinski definition) is 1. The number of benzene rings is 1. The number of unbranched alkanes of at least 4 members (excludes halogenated alkanes) is 1. The number of para-hydroxylation sites is 1. The smallest absolute Gasteiger partial charge is 0.339 e. The van der Waals surface area contributed by atoms with Gasteiger partial charge in [0.25, 0.3) is 0 Å². The second kappa shape index (κ2) is 8.01. The number of ether oxygens (including phenoxy) is 1. The van der Waals surface area contributed by atoms with E-state index in [4.69, 9.17) is 9.84 Å². The van der Waals surface area contributed by atoms with Crippen molar-refractivity contribution in [1.29, 1.82) is 0 Å². The first kappa shape index (κ1) is 13.9. The molecule has 1 aromatic rings. The first-order valence-electron chi connectivity index (χ1n) is 5.78. The molecule has 0 aliphatic heterocycles. The molecule has 0 amide bonds. The number of carbonyl (C=O) groups is 1. The van der Waals surface area contributed by atoms with Crippen molar-refractivity contribution in [3.63, 3.8) is 0 Å². The number of carboxylic acid groups (broad SMARTS) is 1. The minimum atomic E-state index is -0.945. The Kier molecular flexibility index (Phi) is 6.55. The standard InChI is InChI=1S/C13H18O3S/c1-2-3-9-17-10-8-16-12-7-5-4-6-11(12)13(14)15/h4-7H,2-3,8-10H2,1H3,(H,14,15). The minimum Gasteiger partial charge on any atom is -0.492 e. The third kappa shape index (κ3) is 5.13. The molecule has 0 aliphatic carbocycles. The molecule has 0 aliphatic rings. The Morgan fingerprint density at radius 3 is 2.82 bits per heavy atom. The molecule has 3 nitrogen and oxygen atoms in total. The van der Waals surface area contributed by atoms with Gasteiger partial charge >= 0.3 is 5.97 Å². The molecule has 0 fully saturated rings. The maximum atomic E-state index is 10.9. The monoisotopic (exact) mass is 254 g/mol. The SMILES string of the molecule is CCCCSCCOc1ccccc1C(=O)O. The average Bonchev–Trinajstić information content (AvgIpc) is 2.34. The zero-order valence-electron chi connectivity index (χ0n) is 10.0. The molecule has 94 valence electrons. The van der Waals surface area contributed by atoms with Gasteiger partial charge < -0.3 is 9.84 Å². The molecule has 1 rings (SSSR count). The lowest BCUT2D eigenvalue weighted by atomic mass is 10.2. The van der Waals surface area contributed by atoms with Gasteiger partial charge in [-0.15, -0.1) is 0 Å². The highest BCUT2D eigenvalue weighted by Crippen LogP contribution is 2.18. The van der Waals surface area contributed by atoms with Crippen molar-refractivity contribution < 1.29 is 14.6 Å². The Morgan fingerprint density at radius 1 is 1.35 bits per heavy atom. The first-order chi connectivity index (χ1) is 8.25. The number of thioether (sulfide) groups is 1. The molecule has 4 heteroatoms. The highest BCUT2D eigenvalue weighted by Gasteiger charge is 2.09. The van der Waals surface area contributed by atoms with Gasteiger partial charge in [-0.25, -0.2) is 4.79 Å². The third-order valence-electron chi connectivity index (χ3n) is 2.24. The van der Waals surface area contributed by atoms with E-state index in [0.29, 0.717) is 12.4 Å². The number of aromatic carboxylic acids is 1. The van der Waals surface area contributed by atoms with Crippen molar-refractivity contribution >= 4 is 17.7 Å². The van der Waals surface area contributed by atoms with E-state index in [9.17, 15) is 4.79 Å². The Labute approximate surface area is 106 Å². The van der Waals surface area contributed by atoms with E-state index in [1.54, 1.807) is 24.3 Å². The van der Waals surface area contributed by atoms with Crippen LogP contribution in [0.4, 0.5) is 0 Å². The number of rotatable bonds is 8. The Bertz CT molecular complexity index is 352. The second-order valence-electron chi connectivity index (χ2n) is 3.62. The summed E-state index contributed by atoms with van der Waals surface area (Å²) in [6, 6.07) is 6.74. The summed E-state index contributed by atoms with van der Waals surface area (Å²) < 4.78 is 5.48. The summed E-state index contributed by atoms with van der Waals surface area (Å²) in [7, 11) is 0. The van der Waals surface area contributed by atoms with Crippen LogP contribution < -0.4 is 4.74 Å². The lowest BCUT2D eigenvalue weighted by Gasteiger charge is -2.08. The van der Waals surface area contributed by atoms with Crippen molar-refractivity contribution in [3.8, 4) is 5.75 Å². The minimum absolute atomic E-state index is 0.228. The molecule has 0 heterocycles. The van der Waals surface area contributed by atoms with Crippen LogP contribution in [0.2, 0.25) is 0 Å². The van der Waals surface area contributed by atoms with Crippen molar-refractivity contribution in [2.45, 2.75) is 19.8 Å². The van der Waals surface area contributed by atoms with Crippen molar-refractivity contribution in [2.24, 2.45) is 0 Å². The van der Waals surface area contributed by atoms with Crippen LogP contribution in [0.1, 0.15) is 30.1 Å². The zero-order chi connectivity index (χ0) is 12.5. The maximum absolute atomic E-state index is 10.9. The van der Waals surface area contributed by atoms with E-state index in [1.165, 1.54) is 12.8 Å². The predicted octanol–water partition coefficient (Wildman–Crippen LogP) is 3.30. The van der Waals surface area contributed by atoms with Crippen molar-refractivity contribution in [2.75, 3.05) is 18.1 Å². The van der Waals surface area contributed by atoms with Gasteiger partial charge in [-0.3, -0.25) is 0 Å². The fraction of sp³-hybridized carbons (Fsp3) is 0.462. The molecule has 0 spiro atoms. The van der Waals surface area contributed by atoms with Crippen LogP contribution >= 0.6 is 11.8 Å². The van der Waals surface area contributed by atoms with Crippen LogP contribution in [0.15, 0.2) is 24.3 Å². The number of hydrogen-bond acceptors (Lipinski definition) is 3. The van der Waals surface area contributed by atoms with E-state index in [-0.39, 0.29) is 5.56 Å². The van der Waals surface area contributed by atoms with Gasteiger partial charge in [0, 0.05) is 5.75 Å². The molecule has 1 aromatic carbocycles. The molecule has 0 bridgehead atoms. The molecule has 0 radical (unpaired) electrons. The van der Waals surface area contributed by atoms with E-state index < -0.39 is 5.97 Å². The quantitative estimate of drug-likeness (QED) is 0.723. The van der Waals surface area contributed by atoms with E-state index in [0.717, 1.165) is 11.5 Å². The Hall–Kier alpha value is -1.16. The van der Waals surface area contributed by atoms with E-state index in [1.807, 2.05) is 11.8 Å². The van der Waals surface area contributed by atoms with Crippen molar-refractivity contribution in [3.05, 3.63) is 29.8 Å². The van der Waals surface area contributed by atoms with Gasteiger partial charge in [0.1, 0.15) is 11.3 Å². The molecular weight excluding hydrogens is 236 g/mol. The topological polar surface area (TPSA) is 46.5 Å². The Balaban J connectivity index is 2.34. The van der Waals surface area contributed by atoms with Crippen LogP contribution in [0.5, 0.6) is 5.75 Å². The lowest BCUT2D eigenvalue weighted by Crippen LogP contribution is -2.06. The summed E-state index contributed by atoms with van der Waals surface area (Å²) in [5, 5.41) is 8.95. The van der Waals surface area contributed by atoms with Gasteiger partial charge in [-0.2, -0.15) is 11.8 Å². The molecule has 0 atom stereocenters. The van der Waals surface area contributed by atoms with Crippen molar-refractivity contribution in [1.82, 2.24) is 0 Å². The van der Waals surface area contributed by atoms with Gasteiger partial charge in [-0.05, 0) is 24.3 Å². The Morgan fingerprint density at radius 2 is 2.12 bits per heavy atom.